The molecular formula is C23H27N3O3S. The number of nitrogens with zero attached hydrogens (tertiary/aromatic N) is 3. The maximum atomic E-state index is 5.71. The molecule has 0 aliphatic carbocycles. The molecule has 0 unspecified atom stereocenters. The number of aromatic nitrogens is 3. The van der Waals surface area contributed by atoms with Crippen LogP contribution in [-0.4, -0.2) is 47.1 Å². The van der Waals surface area contributed by atoms with Crippen molar-refractivity contribution in [2.24, 2.45) is 0 Å². The van der Waals surface area contributed by atoms with Crippen molar-refractivity contribution in [3.63, 3.8) is 0 Å². The molecule has 4 rings (SSSR count). The van der Waals surface area contributed by atoms with Gasteiger partial charge in [0, 0.05) is 11.3 Å². The highest BCUT2D eigenvalue weighted by molar-refractivity contribution is 7.99. The summed E-state index contributed by atoms with van der Waals surface area (Å²) in [5.41, 5.74) is 3.37. The van der Waals surface area contributed by atoms with Crippen LogP contribution in [0.1, 0.15) is 31.7 Å². The number of hydrogen-bond acceptors (Lipinski definition) is 6. The summed E-state index contributed by atoms with van der Waals surface area (Å²) >= 11 is 1.68. The molecule has 7 heteroatoms. The van der Waals surface area contributed by atoms with E-state index in [1.165, 1.54) is 5.56 Å². The first-order valence-corrected chi connectivity index (χ1v) is 11.2. The molecule has 2 heterocycles. The van der Waals surface area contributed by atoms with Crippen molar-refractivity contribution in [2.45, 2.75) is 37.4 Å². The quantitative estimate of drug-likeness (QED) is 0.501. The standard InChI is InChI=1S/C23H27N3O3S/c1-16(2)20-6-4-5-7-21(20)26-22(17-8-10-18(27-3)11-9-17)24-25-23(26)30-14-19-12-13-28-15-29-19/h4-11,16,19H,12-15H2,1-3H3/t19-/m1/s1. The first-order valence-electron chi connectivity index (χ1n) is 10.2. The summed E-state index contributed by atoms with van der Waals surface area (Å²) in [5, 5.41) is 9.99. The lowest BCUT2D eigenvalue weighted by molar-refractivity contribution is -0.130. The lowest BCUT2D eigenvalue weighted by Gasteiger charge is -2.22. The second kappa shape index (κ2) is 9.64. The summed E-state index contributed by atoms with van der Waals surface area (Å²) < 4.78 is 18.5. The van der Waals surface area contributed by atoms with Crippen LogP contribution in [0.2, 0.25) is 0 Å². The van der Waals surface area contributed by atoms with E-state index in [0.29, 0.717) is 12.7 Å². The lowest BCUT2D eigenvalue weighted by Crippen LogP contribution is -2.25. The van der Waals surface area contributed by atoms with Crippen LogP contribution >= 0.6 is 11.8 Å². The Morgan fingerprint density at radius 2 is 1.93 bits per heavy atom. The van der Waals surface area contributed by atoms with E-state index in [1.807, 2.05) is 24.3 Å². The Kier molecular flexibility index (Phi) is 6.72. The van der Waals surface area contributed by atoms with Crippen molar-refractivity contribution >= 4 is 11.8 Å². The van der Waals surface area contributed by atoms with E-state index < -0.39 is 0 Å². The van der Waals surface area contributed by atoms with Crippen LogP contribution in [0.15, 0.2) is 53.7 Å². The molecular weight excluding hydrogens is 398 g/mol. The fraction of sp³-hybridized carbons (Fsp3) is 0.391. The zero-order chi connectivity index (χ0) is 20.9. The van der Waals surface area contributed by atoms with E-state index in [4.69, 9.17) is 14.2 Å². The molecule has 3 aromatic rings. The van der Waals surface area contributed by atoms with Gasteiger partial charge >= 0.3 is 0 Å². The highest BCUT2D eigenvalue weighted by Gasteiger charge is 2.22. The highest BCUT2D eigenvalue weighted by atomic mass is 32.2. The molecule has 1 aliphatic rings. The van der Waals surface area contributed by atoms with E-state index in [2.05, 4.69) is 52.9 Å². The van der Waals surface area contributed by atoms with Crippen LogP contribution in [0.3, 0.4) is 0 Å². The fourth-order valence-electron chi connectivity index (χ4n) is 3.49. The predicted octanol–water partition coefficient (Wildman–Crippen LogP) is 4.92. The van der Waals surface area contributed by atoms with Crippen molar-refractivity contribution < 1.29 is 14.2 Å². The Morgan fingerprint density at radius 3 is 2.63 bits per heavy atom. The van der Waals surface area contributed by atoms with E-state index in [0.717, 1.165) is 46.8 Å². The van der Waals surface area contributed by atoms with Crippen LogP contribution < -0.4 is 4.74 Å². The molecule has 0 N–H and O–H groups in total. The Morgan fingerprint density at radius 1 is 1.13 bits per heavy atom. The van der Waals surface area contributed by atoms with Gasteiger partial charge in [-0.15, -0.1) is 10.2 Å². The minimum Gasteiger partial charge on any atom is -0.497 e. The van der Waals surface area contributed by atoms with Crippen molar-refractivity contribution in [3.05, 3.63) is 54.1 Å². The third-order valence-electron chi connectivity index (χ3n) is 5.15. The number of benzene rings is 2. The summed E-state index contributed by atoms with van der Waals surface area (Å²) in [7, 11) is 1.67. The Hall–Kier alpha value is -2.35. The van der Waals surface area contributed by atoms with Gasteiger partial charge < -0.3 is 14.2 Å². The van der Waals surface area contributed by atoms with Gasteiger partial charge in [-0.05, 0) is 48.2 Å². The number of ether oxygens (including phenoxy) is 3. The topological polar surface area (TPSA) is 58.4 Å². The van der Waals surface area contributed by atoms with Gasteiger partial charge in [0.25, 0.3) is 0 Å². The molecule has 1 atom stereocenters. The lowest BCUT2D eigenvalue weighted by atomic mass is 10.0. The molecule has 1 aliphatic heterocycles. The summed E-state index contributed by atoms with van der Waals surface area (Å²) in [6, 6.07) is 16.4. The molecule has 0 spiro atoms. The molecule has 1 fully saturated rings. The van der Waals surface area contributed by atoms with Crippen LogP contribution in [0.25, 0.3) is 17.1 Å². The minimum absolute atomic E-state index is 0.165. The molecule has 0 amide bonds. The zero-order valence-corrected chi connectivity index (χ0v) is 18.4. The Bertz CT molecular complexity index is 966. The van der Waals surface area contributed by atoms with Crippen LogP contribution in [-0.2, 0) is 9.47 Å². The molecule has 0 bridgehead atoms. The average molecular weight is 426 g/mol. The van der Waals surface area contributed by atoms with E-state index in [9.17, 15) is 0 Å². The Balaban J connectivity index is 1.74. The largest absolute Gasteiger partial charge is 0.497 e. The monoisotopic (exact) mass is 425 g/mol. The normalized spacial score (nSPS) is 16.7. The molecule has 1 saturated heterocycles. The summed E-state index contributed by atoms with van der Waals surface area (Å²) in [4.78, 5) is 0. The van der Waals surface area contributed by atoms with Gasteiger partial charge in [-0.1, -0.05) is 43.8 Å². The van der Waals surface area contributed by atoms with Crippen molar-refractivity contribution in [2.75, 3.05) is 26.3 Å². The van der Waals surface area contributed by atoms with Gasteiger partial charge in [0.2, 0.25) is 0 Å². The first-order chi connectivity index (χ1) is 14.7. The fourth-order valence-corrected chi connectivity index (χ4v) is 4.50. The molecule has 0 radical (unpaired) electrons. The summed E-state index contributed by atoms with van der Waals surface area (Å²) in [5.74, 6) is 2.83. The minimum atomic E-state index is 0.165. The summed E-state index contributed by atoms with van der Waals surface area (Å²) in [6.45, 7) is 5.52. The number of para-hydroxylation sites is 1. The number of hydrogen-bond donors (Lipinski definition) is 0. The first kappa shape index (κ1) is 20.9. The second-order valence-corrected chi connectivity index (χ2v) is 8.49. The van der Waals surface area contributed by atoms with Gasteiger partial charge in [-0.25, -0.2) is 0 Å². The van der Waals surface area contributed by atoms with Crippen LogP contribution in [0.4, 0.5) is 0 Å². The van der Waals surface area contributed by atoms with Gasteiger partial charge in [0.05, 0.1) is 25.5 Å². The molecule has 158 valence electrons. The molecule has 30 heavy (non-hydrogen) atoms. The Labute approximate surface area is 181 Å². The van der Waals surface area contributed by atoms with E-state index in [-0.39, 0.29) is 6.10 Å². The zero-order valence-electron chi connectivity index (χ0n) is 17.6. The van der Waals surface area contributed by atoms with Gasteiger partial charge in [0.15, 0.2) is 11.0 Å². The molecule has 1 aromatic heterocycles. The number of thioether (sulfide) groups is 1. The van der Waals surface area contributed by atoms with Crippen LogP contribution in [0, 0.1) is 0 Å². The predicted molar refractivity (Wildman–Crippen MR) is 118 cm³/mol. The SMILES string of the molecule is COc1ccc(-c2nnc(SC[C@H]3CCOCO3)n2-c2ccccc2C(C)C)cc1. The maximum absolute atomic E-state index is 5.71. The van der Waals surface area contributed by atoms with E-state index in [1.54, 1.807) is 18.9 Å². The van der Waals surface area contributed by atoms with Gasteiger partial charge in [-0.2, -0.15) is 0 Å². The van der Waals surface area contributed by atoms with Gasteiger partial charge in [0.1, 0.15) is 12.5 Å². The number of rotatable bonds is 7. The third-order valence-corrected chi connectivity index (χ3v) is 6.21. The van der Waals surface area contributed by atoms with E-state index >= 15 is 0 Å². The van der Waals surface area contributed by atoms with Crippen molar-refractivity contribution in [3.8, 4) is 22.8 Å². The smallest absolute Gasteiger partial charge is 0.196 e. The third kappa shape index (κ3) is 4.53. The molecule has 2 aromatic carbocycles. The van der Waals surface area contributed by atoms with Gasteiger partial charge in [-0.3, -0.25) is 4.57 Å². The van der Waals surface area contributed by atoms with Crippen molar-refractivity contribution in [1.29, 1.82) is 0 Å². The molecule has 0 saturated carbocycles. The molecule has 6 nitrogen and oxygen atoms in total. The number of methoxy groups -OCH3 is 1. The average Bonchev–Trinajstić information content (AvgIpc) is 3.22. The van der Waals surface area contributed by atoms with Crippen LogP contribution in [0.5, 0.6) is 5.75 Å². The summed E-state index contributed by atoms with van der Waals surface area (Å²) in [6.07, 6.45) is 1.06. The van der Waals surface area contributed by atoms with Crippen molar-refractivity contribution in [1.82, 2.24) is 14.8 Å². The maximum Gasteiger partial charge on any atom is 0.196 e. The highest BCUT2D eigenvalue weighted by Crippen LogP contribution is 2.33. The second-order valence-electron chi connectivity index (χ2n) is 7.50.